The topological polar surface area (TPSA) is 113 Å². The Morgan fingerprint density at radius 1 is 1.38 bits per heavy atom. The Hall–Kier alpha value is -1.14. The van der Waals surface area contributed by atoms with Gasteiger partial charge in [-0.2, -0.15) is 0 Å². The minimum atomic E-state index is -1.14. The maximum Gasteiger partial charge on any atom is 0.326 e. The highest BCUT2D eigenvalue weighted by Gasteiger charge is 2.23. The summed E-state index contributed by atoms with van der Waals surface area (Å²) in [5.74, 6) is -1.86. The number of aliphatic hydroxyl groups excluding tert-OH is 1. The van der Waals surface area contributed by atoms with E-state index in [-0.39, 0.29) is 31.4 Å². The van der Waals surface area contributed by atoms with Crippen molar-refractivity contribution in [2.75, 3.05) is 13.2 Å². The van der Waals surface area contributed by atoms with Gasteiger partial charge in [0.25, 0.3) is 0 Å². The number of carboxylic acids is 1. The molecule has 94 valence electrons. The van der Waals surface area contributed by atoms with Crippen LogP contribution in [-0.4, -0.2) is 41.3 Å². The van der Waals surface area contributed by atoms with Crippen LogP contribution in [0, 0.1) is 5.92 Å². The smallest absolute Gasteiger partial charge is 0.326 e. The fraction of sp³-hybridized carbons (Fsp3) is 0.800. The third-order valence-electron chi connectivity index (χ3n) is 2.32. The number of aliphatic hydroxyl groups is 1. The summed E-state index contributed by atoms with van der Waals surface area (Å²) in [7, 11) is 0. The number of nitrogens with two attached hydrogens (primary N) is 1. The fourth-order valence-corrected chi connectivity index (χ4v) is 1.38. The summed E-state index contributed by atoms with van der Waals surface area (Å²) < 4.78 is 0. The van der Waals surface area contributed by atoms with Crippen molar-refractivity contribution in [1.82, 2.24) is 5.32 Å². The first-order valence-corrected chi connectivity index (χ1v) is 5.40. The number of carbonyl (C=O) groups excluding carboxylic acids is 1. The van der Waals surface area contributed by atoms with Gasteiger partial charge in [-0.1, -0.05) is 13.3 Å². The summed E-state index contributed by atoms with van der Waals surface area (Å²) in [6, 6.07) is -1.04. The quantitative estimate of drug-likeness (QED) is 0.442. The Morgan fingerprint density at radius 2 is 2.00 bits per heavy atom. The van der Waals surface area contributed by atoms with Crippen molar-refractivity contribution in [3.8, 4) is 0 Å². The highest BCUT2D eigenvalue weighted by atomic mass is 16.4. The first kappa shape index (κ1) is 14.9. The molecule has 0 radical (unpaired) electrons. The van der Waals surface area contributed by atoms with E-state index in [4.69, 9.17) is 15.9 Å². The van der Waals surface area contributed by atoms with Crippen LogP contribution in [0.2, 0.25) is 0 Å². The van der Waals surface area contributed by atoms with Gasteiger partial charge >= 0.3 is 5.97 Å². The van der Waals surface area contributed by atoms with Gasteiger partial charge in [-0.15, -0.1) is 0 Å². The zero-order valence-corrected chi connectivity index (χ0v) is 9.48. The fourth-order valence-electron chi connectivity index (χ4n) is 1.38. The van der Waals surface area contributed by atoms with Gasteiger partial charge in [-0.05, 0) is 6.42 Å². The Kier molecular flexibility index (Phi) is 7.49. The molecule has 2 atom stereocenters. The maximum atomic E-state index is 11.6. The number of amides is 1. The second kappa shape index (κ2) is 8.06. The highest BCUT2D eigenvalue weighted by Crippen LogP contribution is 2.05. The molecule has 6 heteroatoms. The van der Waals surface area contributed by atoms with Crippen LogP contribution in [-0.2, 0) is 9.59 Å². The zero-order valence-electron chi connectivity index (χ0n) is 9.48. The van der Waals surface area contributed by atoms with Crippen molar-refractivity contribution >= 4 is 11.9 Å². The summed E-state index contributed by atoms with van der Waals surface area (Å²) in [5.41, 5.74) is 5.43. The molecule has 0 aliphatic rings. The summed E-state index contributed by atoms with van der Waals surface area (Å²) in [6.07, 6.45) is 1.45. The number of aliphatic carboxylic acids is 1. The molecule has 0 saturated heterocycles. The lowest BCUT2D eigenvalue weighted by atomic mass is 10.0. The lowest BCUT2D eigenvalue weighted by Gasteiger charge is -2.18. The molecule has 0 aromatic rings. The molecule has 0 spiro atoms. The van der Waals surface area contributed by atoms with Crippen LogP contribution in [0.15, 0.2) is 0 Å². The molecule has 0 aromatic heterocycles. The van der Waals surface area contributed by atoms with E-state index in [0.717, 1.165) is 6.42 Å². The summed E-state index contributed by atoms with van der Waals surface area (Å²) >= 11 is 0. The van der Waals surface area contributed by atoms with Crippen LogP contribution in [0.3, 0.4) is 0 Å². The molecule has 0 saturated carbocycles. The second-order valence-electron chi connectivity index (χ2n) is 3.63. The predicted octanol–water partition coefficient (Wildman–Crippen LogP) is -0.687. The molecule has 0 rings (SSSR count). The molecule has 0 heterocycles. The lowest BCUT2D eigenvalue weighted by molar-refractivity contribution is -0.142. The van der Waals surface area contributed by atoms with E-state index in [1.54, 1.807) is 0 Å². The molecule has 0 aliphatic heterocycles. The van der Waals surface area contributed by atoms with E-state index in [9.17, 15) is 9.59 Å². The van der Waals surface area contributed by atoms with Crippen molar-refractivity contribution in [2.24, 2.45) is 11.7 Å². The van der Waals surface area contributed by atoms with Crippen LogP contribution < -0.4 is 11.1 Å². The van der Waals surface area contributed by atoms with E-state index in [0.29, 0.717) is 6.42 Å². The number of rotatable bonds is 8. The molecule has 1 unspecified atom stereocenters. The molecular formula is C10H20N2O4. The van der Waals surface area contributed by atoms with Gasteiger partial charge in [0, 0.05) is 19.6 Å². The van der Waals surface area contributed by atoms with Crippen molar-refractivity contribution in [3.05, 3.63) is 0 Å². The van der Waals surface area contributed by atoms with Crippen molar-refractivity contribution in [1.29, 1.82) is 0 Å². The number of hydrogen-bond acceptors (Lipinski definition) is 4. The lowest BCUT2D eigenvalue weighted by Crippen LogP contribution is -2.45. The Morgan fingerprint density at radius 3 is 2.38 bits per heavy atom. The van der Waals surface area contributed by atoms with E-state index in [1.165, 1.54) is 0 Å². The Balaban J connectivity index is 4.31. The standard InChI is InChI=1S/C10H20N2O4/c1-2-3-7(6-11)9(14)12-8(4-5-13)10(15)16/h7-8,13H,2-6,11H2,1H3,(H,12,14)(H,15,16)/t7?,8-/m1/s1. The van der Waals surface area contributed by atoms with Gasteiger partial charge in [0.05, 0.1) is 5.92 Å². The minimum Gasteiger partial charge on any atom is -0.480 e. The molecule has 0 aliphatic carbocycles. The first-order valence-electron chi connectivity index (χ1n) is 5.40. The summed E-state index contributed by atoms with van der Waals surface area (Å²) in [6.45, 7) is 1.85. The predicted molar refractivity (Wildman–Crippen MR) is 58.7 cm³/mol. The molecule has 5 N–H and O–H groups in total. The van der Waals surface area contributed by atoms with Crippen molar-refractivity contribution in [2.45, 2.75) is 32.2 Å². The third kappa shape index (κ3) is 5.09. The Bertz CT molecular complexity index is 233. The summed E-state index contributed by atoms with van der Waals surface area (Å²) in [4.78, 5) is 22.4. The van der Waals surface area contributed by atoms with Gasteiger partial charge in [-0.25, -0.2) is 4.79 Å². The summed E-state index contributed by atoms with van der Waals surface area (Å²) in [5, 5.41) is 19.8. The van der Waals surface area contributed by atoms with Gasteiger partial charge < -0.3 is 21.3 Å². The second-order valence-corrected chi connectivity index (χ2v) is 3.63. The molecule has 0 aromatic carbocycles. The minimum absolute atomic E-state index is 0.00445. The van der Waals surface area contributed by atoms with Crippen LogP contribution >= 0.6 is 0 Å². The van der Waals surface area contributed by atoms with E-state index >= 15 is 0 Å². The average Bonchev–Trinajstić information content (AvgIpc) is 2.24. The maximum absolute atomic E-state index is 11.6. The van der Waals surface area contributed by atoms with E-state index in [1.807, 2.05) is 6.92 Å². The van der Waals surface area contributed by atoms with Gasteiger partial charge in [0.15, 0.2) is 0 Å². The van der Waals surface area contributed by atoms with E-state index < -0.39 is 12.0 Å². The molecule has 0 fully saturated rings. The normalized spacial score (nSPS) is 14.2. The van der Waals surface area contributed by atoms with Gasteiger partial charge in [0.1, 0.15) is 6.04 Å². The SMILES string of the molecule is CCCC(CN)C(=O)N[C@H](CCO)C(=O)O. The Labute approximate surface area is 94.8 Å². The van der Waals surface area contributed by atoms with Crippen LogP contribution in [0.5, 0.6) is 0 Å². The van der Waals surface area contributed by atoms with Crippen LogP contribution in [0.1, 0.15) is 26.2 Å². The zero-order chi connectivity index (χ0) is 12.6. The van der Waals surface area contributed by atoms with Crippen molar-refractivity contribution in [3.63, 3.8) is 0 Å². The number of carbonyl (C=O) groups is 2. The number of carboxylic acid groups (broad SMARTS) is 1. The average molecular weight is 232 g/mol. The molecule has 1 amide bonds. The van der Waals surface area contributed by atoms with Crippen LogP contribution in [0.4, 0.5) is 0 Å². The van der Waals surface area contributed by atoms with Gasteiger partial charge in [-0.3, -0.25) is 4.79 Å². The molecular weight excluding hydrogens is 212 g/mol. The molecule has 16 heavy (non-hydrogen) atoms. The first-order chi connectivity index (χ1) is 7.56. The largest absolute Gasteiger partial charge is 0.480 e. The third-order valence-corrected chi connectivity index (χ3v) is 2.32. The monoisotopic (exact) mass is 232 g/mol. The van der Waals surface area contributed by atoms with E-state index in [2.05, 4.69) is 5.32 Å². The molecule has 0 bridgehead atoms. The van der Waals surface area contributed by atoms with Crippen LogP contribution in [0.25, 0.3) is 0 Å². The highest BCUT2D eigenvalue weighted by molar-refractivity contribution is 5.85. The van der Waals surface area contributed by atoms with Gasteiger partial charge in [0.2, 0.25) is 5.91 Å². The molecule has 6 nitrogen and oxygen atoms in total. The number of nitrogens with one attached hydrogen (secondary N) is 1. The number of hydrogen-bond donors (Lipinski definition) is 4. The van der Waals surface area contributed by atoms with Crippen molar-refractivity contribution < 1.29 is 19.8 Å².